The second-order valence-electron chi connectivity index (χ2n) is 8.95. The van der Waals surface area contributed by atoms with Gasteiger partial charge in [0.2, 0.25) is 0 Å². The quantitative estimate of drug-likeness (QED) is 0.207. The van der Waals surface area contributed by atoms with Gasteiger partial charge in [0, 0.05) is 26.2 Å². The Labute approximate surface area is 253 Å². The molecule has 0 heterocycles. The van der Waals surface area contributed by atoms with Crippen molar-refractivity contribution in [2.75, 3.05) is 40.3 Å². The highest BCUT2D eigenvalue weighted by molar-refractivity contribution is 5.75. The summed E-state index contributed by atoms with van der Waals surface area (Å²) >= 11 is 0. The van der Waals surface area contributed by atoms with E-state index in [9.17, 15) is 19.2 Å². The number of unbranched alkanes of at least 4 members (excludes halogenated alkanes) is 1. The SMILES string of the molecule is CCNC(=O)Oc1ccc(CCCCc2ccc(OC(=O)NCC)c(OC(=O)NCC)c2)cc1OC(=O)NCC.CNC. The molecule has 0 saturated heterocycles. The van der Waals surface area contributed by atoms with Gasteiger partial charge in [-0.3, -0.25) is 0 Å². The van der Waals surface area contributed by atoms with Gasteiger partial charge in [-0.25, -0.2) is 19.2 Å². The molecule has 0 aromatic heterocycles. The minimum Gasteiger partial charge on any atom is -0.406 e. The molecule has 2 rings (SSSR count). The molecule has 0 aliphatic rings. The van der Waals surface area contributed by atoms with Gasteiger partial charge < -0.3 is 45.5 Å². The summed E-state index contributed by atoms with van der Waals surface area (Å²) < 4.78 is 21.3. The fourth-order valence-corrected chi connectivity index (χ4v) is 3.52. The summed E-state index contributed by atoms with van der Waals surface area (Å²) in [6.45, 7) is 8.63. The van der Waals surface area contributed by atoms with Crippen LogP contribution in [0.5, 0.6) is 23.0 Å². The van der Waals surface area contributed by atoms with Gasteiger partial charge in [0.25, 0.3) is 0 Å². The zero-order valence-electron chi connectivity index (χ0n) is 25.9. The van der Waals surface area contributed by atoms with Gasteiger partial charge >= 0.3 is 24.4 Å². The van der Waals surface area contributed by atoms with Gasteiger partial charge in [-0.05, 0) is 103 Å². The zero-order valence-corrected chi connectivity index (χ0v) is 25.9. The molecule has 0 saturated carbocycles. The van der Waals surface area contributed by atoms with Crippen LogP contribution < -0.4 is 45.5 Å². The van der Waals surface area contributed by atoms with Gasteiger partial charge in [-0.2, -0.15) is 0 Å². The topological polar surface area (TPSA) is 165 Å². The van der Waals surface area contributed by atoms with Gasteiger partial charge in [-0.1, -0.05) is 12.1 Å². The van der Waals surface area contributed by atoms with Crippen LogP contribution in [0.25, 0.3) is 0 Å². The molecule has 0 aliphatic carbocycles. The first-order valence-electron chi connectivity index (χ1n) is 14.4. The van der Waals surface area contributed by atoms with Gasteiger partial charge in [0.05, 0.1) is 0 Å². The molecule has 0 radical (unpaired) electrons. The van der Waals surface area contributed by atoms with Crippen molar-refractivity contribution < 1.29 is 38.1 Å². The van der Waals surface area contributed by atoms with E-state index in [-0.39, 0.29) is 23.0 Å². The molecule has 0 spiro atoms. The van der Waals surface area contributed by atoms with E-state index < -0.39 is 24.4 Å². The lowest BCUT2D eigenvalue weighted by Gasteiger charge is -2.13. The highest BCUT2D eigenvalue weighted by atomic mass is 16.6. The number of amides is 4. The predicted octanol–water partition coefficient (Wildman–Crippen LogP) is 4.52. The molecule has 0 atom stereocenters. The van der Waals surface area contributed by atoms with Crippen LogP contribution in [0.3, 0.4) is 0 Å². The molecule has 2 aromatic carbocycles. The summed E-state index contributed by atoms with van der Waals surface area (Å²) in [6, 6.07) is 10.2. The van der Waals surface area contributed by atoms with Crippen molar-refractivity contribution >= 4 is 24.4 Å². The number of carbonyl (C=O) groups excluding carboxylic acids is 4. The Morgan fingerprint density at radius 1 is 0.512 bits per heavy atom. The Bertz CT molecular complexity index is 1090. The maximum Gasteiger partial charge on any atom is 0.412 e. The molecule has 0 bridgehead atoms. The Morgan fingerprint density at radius 3 is 1.07 bits per heavy atom. The molecule has 0 fully saturated rings. The summed E-state index contributed by atoms with van der Waals surface area (Å²) in [5, 5.41) is 12.9. The van der Waals surface area contributed by atoms with Crippen molar-refractivity contribution in [2.24, 2.45) is 0 Å². The number of hydrogen-bond acceptors (Lipinski definition) is 9. The maximum atomic E-state index is 12.0. The Morgan fingerprint density at radius 2 is 0.791 bits per heavy atom. The van der Waals surface area contributed by atoms with Crippen LogP contribution in [-0.2, 0) is 12.8 Å². The first-order chi connectivity index (χ1) is 20.7. The van der Waals surface area contributed by atoms with Crippen molar-refractivity contribution in [3.05, 3.63) is 47.5 Å². The predicted molar refractivity (Wildman–Crippen MR) is 163 cm³/mol. The first kappa shape index (κ1) is 36.5. The van der Waals surface area contributed by atoms with E-state index in [1.807, 2.05) is 26.2 Å². The van der Waals surface area contributed by atoms with Crippen LogP contribution in [0.1, 0.15) is 51.7 Å². The Balaban J connectivity index is 0.00000295. The minimum absolute atomic E-state index is 0.135. The van der Waals surface area contributed by atoms with Crippen LogP contribution >= 0.6 is 0 Å². The number of aryl methyl sites for hydroxylation is 2. The number of benzene rings is 2. The summed E-state index contributed by atoms with van der Waals surface area (Å²) in [5.74, 6) is 0.556. The molecule has 13 heteroatoms. The average Bonchev–Trinajstić information content (AvgIpc) is 2.94. The van der Waals surface area contributed by atoms with Crippen molar-refractivity contribution in [3.8, 4) is 23.0 Å². The van der Waals surface area contributed by atoms with E-state index in [0.717, 1.165) is 24.0 Å². The molecular formula is C30H45N5O8. The third-order valence-corrected chi connectivity index (χ3v) is 5.29. The lowest BCUT2D eigenvalue weighted by molar-refractivity contribution is 0.190. The fraction of sp³-hybridized carbons (Fsp3) is 0.467. The molecule has 0 aliphatic heterocycles. The maximum absolute atomic E-state index is 12.0. The average molecular weight is 604 g/mol. The van der Waals surface area contributed by atoms with Crippen LogP contribution in [0, 0.1) is 0 Å². The lowest BCUT2D eigenvalue weighted by atomic mass is 10.0. The molecule has 0 unspecified atom stereocenters. The Hall–Kier alpha value is -4.52. The molecule has 2 aromatic rings. The van der Waals surface area contributed by atoms with Crippen molar-refractivity contribution in [1.82, 2.24) is 26.6 Å². The smallest absolute Gasteiger partial charge is 0.406 e. The second-order valence-corrected chi connectivity index (χ2v) is 8.95. The van der Waals surface area contributed by atoms with Gasteiger partial charge in [-0.15, -0.1) is 0 Å². The van der Waals surface area contributed by atoms with Crippen LogP contribution in [0.4, 0.5) is 19.2 Å². The van der Waals surface area contributed by atoms with E-state index in [4.69, 9.17) is 18.9 Å². The zero-order chi connectivity index (χ0) is 32.0. The number of hydrogen-bond donors (Lipinski definition) is 5. The summed E-state index contributed by atoms with van der Waals surface area (Å²) in [4.78, 5) is 47.7. The minimum atomic E-state index is -0.648. The standard InChI is InChI=1S/C28H38N4O8.C2H7N/c1-5-29-25(33)37-21-15-13-19(17-23(21)39-27(35)31-7-3)11-9-10-12-20-14-16-22(38-26(34)30-6-2)24(18-20)40-28(36)32-8-4;1-3-2/h13-18H,5-12H2,1-4H3,(H,29,33)(H,30,34)(H,31,35)(H,32,36);3H,1-2H3. The molecular weight excluding hydrogens is 558 g/mol. The van der Waals surface area contributed by atoms with Crippen LogP contribution in [0.2, 0.25) is 0 Å². The van der Waals surface area contributed by atoms with Crippen molar-refractivity contribution in [2.45, 2.75) is 53.4 Å². The van der Waals surface area contributed by atoms with E-state index in [1.54, 1.807) is 52.0 Å². The number of nitrogens with one attached hydrogen (secondary N) is 5. The van der Waals surface area contributed by atoms with E-state index in [2.05, 4.69) is 26.6 Å². The summed E-state index contributed by atoms with van der Waals surface area (Å²) in [7, 11) is 3.75. The normalized spacial score (nSPS) is 9.91. The summed E-state index contributed by atoms with van der Waals surface area (Å²) in [5.41, 5.74) is 1.79. The van der Waals surface area contributed by atoms with Crippen LogP contribution in [-0.4, -0.2) is 64.6 Å². The summed E-state index contributed by atoms with van der Waals surface area (Å²) in [6.07, 6.45) is 0.350. The molecule has 43 heavy (non-hydrogen) atoms. The second kappa shape index (κ2) is 21.2. The third-order valence-electron chi connectivity index (χ3n) is 5.29. The monoisotopic (exact) mass is 603 g/mol. The van der Waals surface area contributed by atoms with Gasteiger partial charge in [0.1, 0.15) is 0 Å². The van der Waals surface area contributed by atoms with Crippen LogP contribution in [0.15, 0.2) is 36.4 Å². The molecule has 238 valence electrons. The lowest BCUT2D eigenvalue weighted by Crippen LogP contribution is -2.28. The Kier molecular flexibility index (Phi) is 18.0. The number of rotatable bonds is 13. The van der Waals surface area contributed by atoms with E-state index in [0.29, 0.717) is 39.0 Å². The van der Waals surface area contributed by atoms with Crippen molar-refractivity contribution in [1.29, 1.82) is 0 Å². The largest absolute Gasteiger partial charge is 0.412 e. The molecule has 5 N–H and O–H groups in total. The molecule has 13 nitrogen and oxygen atoms in total. The van der Waals surface area contributed by atoms with E-state index in [1.165, 1.54) is 0 Å². The third kappa shape index (κ3) is 14.8. The van der Waals surface area contributed by atoms with Crippen molar-refractivity contribution in [3.63, 3.8) is 0 Å². The highest BCUT2D eigenvalue weighted by Gasteiger charge is 2.16. The van der Waals surface area contributed by atoms with E-state index >= 15 is 0 Å². The fourth-order valence-electron chi connectivity index (χ4n) is 3.52. The molecule has 4 amide bonds. The highest BCUT2D eigenvalue weighted by Crippen LogP contribution is 2.31. The van der Waals surface area contributed by atoms with Gasteiger partial charge in [0.15, 0.2) is 23.0 Å². The first-order valence-corrected chi connectivity index (χ1v) is 14.4. The number of ether oxygens (including phenoxy) is 4. The number of carbonyl (C=O) groups is 4.